The molecular formula is C20H25N5O2. The molecule has 2 aromatic rings. The Morgan fingerprint density at radius 3 is 2.48 bits per heavy atom. The highest BCUT2D eigenvalue weighted by molar-refractivity contribution is 5.76. The van der Waals surface area contributed by atoms with E-state index in [4.69, 9.17) is 0 Å². The molecule has 1 aromatic carbocycles. The number of nitrogens with one attached hydrogen (secondary N) is 1. The number of aromatic nitrogens is 2. The van der Waals surface area contributed by atoms with Gasteiger partial charge in [0.2, 0.25) is 5.91 Å². The lowest BCUT2D eigenvalue weighted by Crippen LogP contribution is -2.46. The van der Waals surface area contributed by atoms with Crippen molar-refractivity contribution < 1.29 is 4.79 Å². The number of carbonyl (C=O) groups is 1. The lowest BCUT2D eigenvalue weighted by molar-refractivity contribution is -0.122. The van der Waals surface area contributed by atoms with Gasteiger partial charge in [-0.2, -0.15) is 5.10 Å². The van der Waals surface area contributed by atoms with E-state index in [2.05, 4.69) is 44.5 Å². The summed E-state index contributed by atoms with van der Waals surface area (Å²) in [5.74, 6) is 0.616. The highest BCUT2D eigenvalue weighted by Gasteiger charge is 2.24. The predicted octanol–water partition coefficient (Wildman–Crippen LogP) is 0.844. The van der Waals surface area contributed by atoms with Crippen LogP contribution in [0.5, 0.6) is 0 Å². The molecule has 0 unspecified atom stereocenters. The van der Waals surface area contributed by atoms with Crippen LogP contribution in [0.15, 0.2) is 47.3 Å². The third-order valence-electron chi connectivity index (χ3n) is 5.03. The number of anilines is 1. The number of rotatable bonds is 6. The summed E-state index contributed by atoms with van der Waals surface area (Å²) in [6.45, 7) is 4.52. The van der Waals surface area contributed by atoms with E-state index in [1.165, 1.54) is 16.3 Å². The van der Waals surface area contributed by atoms with Gasteiger partial charge in [-0.1, -0.05) is 30.3 Å². The molecule has 1 aliphatic carbocycles. The zero-order valence-corrected chi connectivity index (χ0v) is 15.4. The first-order valence-electron chi connectivity index (χ1n) is 9.56. The maximum atomic E-state index is 12.0. The zero-order chi connectivity index (χ0) is 18.6. The minimum absolute atomic E-state index is 0.0167. The van der Waals surface area contributed by atoms with Crippen LogP contribution in [-0.2, 0) is 17.9 Å². The molecule has 1 N–H and O–H groups in total. The topological polar surface area (TPSA) is 70.5 Å². The SMILES string of the molecule is O=C(Cn1nc(N2CCN(Cc3ccccc3)CC2)ccc1=O)NC1CC1. The van der Waals surface area contributed by atoms with Crippen LogP contribution in [0.3, 0.4) is 0 Å². The molecule has 0 spiro atoms. The maximum Gasteiger partial charge on any atom is 0.267 e. The van der Waals surface area contributed by atoms with Crippen molar-refractivity contribution in [3.05, 3.63) is 58.4 Å². The fourth-order valence-corrected chi connectivity index (χ4v) is 3.33. The molecule has 0 radical (unpaired) electrons. The van der Waals surface area contributed by atoms with Crippen molar-refractivity contribution in [2.75, 3.05) is 31.1 Å². The Kier molecular flexibility index (Phi) is 5.20. The first-order valence-corrected chi connectivity index (χ1v) is 9.56. The van der Waals surface area contributed by atoms with Crippen molar-refractivity contribution in [2.45, 2.75) is 32.0 Å². The number of piperazine rings is 1. The van der Waals surface area contributed by atoms with E-state index < -0.39 is 0 Å². The molecule has 0 bridgehead atoms. The van der Waals surface area contributed by atoms with Crippen molar-refractivity contribution >= 4 is 11.7 Å². The van der Waals surface area contributed by atoms with E-state index in [1.54, 1.807) is 6.07 Å². The summed E-state index contributed by atoms with van der Waals surface area (Å²) in [5, 5.41) is 7.32. The molecule has 1 aromatic heterocycles. The number of hydrogen-bond acceptors (Lipinski definition) is 5. The lowest BCUT2D eigenvalue weighted by Gasteiger charge is -2.35. The first kappa shape index (κ1) is 17.7. The molecule has 142 valence electrons. The fourth-order valence-electron chi connectivity index (χ4n) is 3.33. The smallest absolute Gasteiger partial charge is 0.267 e. The van der Waals surface area contributed by atoms with Crippen LogP contribution in [-0.4, -0.2) is 52.8 Å². The summed E-state index contributed by atoms with van der Waals surface area (Å²) in [7, 11) is 0. The normalized spacial score (nSPS) is 17.7. The van der Waals surface area contributed by atoms with E-state index in [9.17, 15) is 9.59 Å². The number of benzene rings is 1. The van der Waals surface area contributed by atoms with E-state index in [-0.39, 0.29) is 24.1 Å². The molecule has 0 atom stereocenters. The van der Waals surface area contributed by atoms with Crippen molar-refractivity contribution in [2.24, 2.45) is 0 Å². The van der Waals surface area contributed by atoms with Crippen LogP contribution in [0.1, 0.15) is 18.4 Å². The average molecular weight is 367 g/mol. The van der Waals surface area contributed by atoms with E-state index in [1.807, 2.05) is 6.07 Å². The first-order chi connectivity index (χ1) is 13.2. The highest BCUT2D eigenvalue weighted by atomic mass is 16.2. The molecular weight excluding hydrogens is 342 g/mol. The molecule has 1 amide bonds. The van der Waals surface area contributed by atoms with Crippen LogP contribution in [0, 0.1) is 0 Å². The van der Waals surface area contributed by atoms with E-state index >= 15 is 0 Å². The van der Waals surface area contributed by atoms with Gasteiger partial charge in [0.25, 0.3) is 5.56 Å². The van der Waals surface area contributed by atoms with Gasteiger partial charge in [0.15, 0.2) is 0 Å². The monoisotopic (exact) mass is 367 g/mol. The van der Waals surface area contributed by atoms with Gasteiger partial charge in [0.05, 0.1) is 0 Å². The van der Waals surface area contributed by atoms with Crippen LogP contribution < -0.4 is 15.8 Å². The van der Waals surface area contributed by atoms with Gasteiger partial charge in [-0.15, -0.1) is 0 Å². The van der Waals surface area contributed by atoms with Gasteiger partial charge in [0, 0.05) is 44.8 Å². The van der Waals surface area contributed by atoms with Crippen molar-refractivity contribution in [1.82, 2.24) is 20.0 Å². The molecule has 27 heavy (non-hydrogen) atoms. The standard InChI is InChI=1S/C20H25N5O2/c26-19(21-17-6-7-17)15-25-20(27)9-8-18(22-25)24-12-10-23(11-13-24)14-16-4-2-1-3-5-16/h1-5,8-9,17H,6-7,10-15H2,(H,21,26). The minimum Gasteiger partial charge on any atom is -0.353 e. The second-order valence-corrected chi connectivity index (χ2v) is 7.28. The zero-order valence-electron chi connectivity index (χ0n) is 15.4. The van der Waals surface area contributed by atoms with Gasteiger partial charge < -0.3 is 10.2 Å². The average Bonchev–Trinajstić information content (AvgIpc) is 3.49. The lowest BCUT2D eigenvalue weighted by atomic mass is 10.2. The molecule has 4 rings (SSSR count). The summed E-state index contributed by atoms with van der Waals surface area (Å²) in [6.07, 6.45) is 2.06. The van der Waals surface area contributed by atoms with Crippen LogP contribution in [0.2, 0.25) is 0 Å². The largest absolute Gasteiger partial charge is 0.353 e. The van der Waals surface area contributed by atoms with E-state index in [0.717, 1.165) is 51.4 Å². The molecule has 2 aliphatic rings. The number of carbonyl (C=O) groups excluding carboxylic acids is 1. The Balaban J connectivity index is 1.35. The second kappa shape index (κ2) is 7.92. The Labute approximate surface area is 158 Å². The van der Waals surface area contributed by atoms with Crippen molar-refractivity contribution in [3.63, 3.8) is 0 Å². The minimum atomic E-state index is -0.243. The van der Waals surface area contributed by atoms with Gasteiger partial charge in [-0.3, -0.25) is 14.5 Å². The summed E-state index contributed by atoms with van der Waals surface area (Å²) < 4.78 is 1.27. The molecule has 1 saturated heterocycles. The van der Waals surface area contributed by atoms with Crippen molar-refractivity contribution in [3.8, 4) is 0 Å². The molecule has 1 saturated carbocycles. The van der Waals surface area contributed by atoms with Gasteiger partial charge in [-0.25, -0.2) is 4.68 Å². The molecule has 1 aliphatic heterocycles. The number of amides is 1. The molecule has 7 heteroatoms. The molecule has 2 fully saturated rings. The highest BCUT2D eigenvalue weighted by Crippen LogP contribution is 2.18. The summed E-state index contributed by atoms with van der Waals surface area (Å²) in [6, 6.07) is 14.0. The number of nitrogens with zero attached hydrogens (tertiary/aromatic N) is 4. The third kappa shape index (κ3) is 4.74. The van der Waals surface area contributed by atoms with Crippen LogP contribution >= 0.6 is 0 Å². The van der Waals surface area contributed by atoms with E-state index in [0.29, 0.717) is 0 Å². The van der Waals surface area contributed by atoms with Crippen LogP contribution in [0.4, 0.5) is 5.82 Å². The maximum absolute atomic E-state index is 12.0. The Bertz CT molecular complexity index is 839. The molecule has 2 heterocycles. The quantitative estimate of drug-likeness (QED) is 0.820. The number of hydrogen-bond donors (Lipinski definition) is 1. The Morgan fingerprint density at radius 1 is 1.04 bits per heavy atom. The summed E-state index contributed by atoms with van der Waals surface area (Å²) >= 11 is 0. The van der Waals surface area contributed by atoms with Gasteiger partial charge in [-0.05, 0) is 24.5 Å². The van der Waals surface area contributed by atoms with Crippen LogP contribution in [0.25, 0.3) is 0 Å². The summed E-state index contributed by atoms with van der Waals surface area (Å²) in [4.78, 5) is 28.6. The second-order valence-electron chi connectivity index (χ2n) is 7.28. The van der Waals surface area contributed by atoms with Gasteiger partial charge >= 0.3 is 0 Å². The third-order valence-corrected chi connectivity index (χ3v) is 5.03. The Morgan fingerprint density at radius 2 is 1.78 bits per heavy atom. The predicted molar refractivity (Wildman–Crippen MR) is 104 cm³/mol. The Hall–Kier alpha value is -2.67. The van der Waals surface area contributed by atoms with Crippen molar-refractivity contribution in [1.29, 1.82) is 0 Å². The molecule has 7 nitrogen and oxygen atoms in total. The fraction of sp³-hybridized carbons (Fsp3) is 0.450. The van der Waals surface area contributed by atoms with Gasteiger partial charge in [0.1, 0.15) is 12.4 Å². The summed E-state index contributed by atoms with van der Waals surface area (Å²) in [5.41, 5.74) is 1.08.